The highest BCUT2D eigenvalue weighted by Crippen LogP contribution is 2.36. The summed E-state index contributed by atoms with van der Waals surface area (Å²) in [6.07, 6.45) is -0.810. The largest absolute Gasteiger partial charge is 0.446 e. The van der Waals surface area contributed by atoms with Crippen LogP contribution in [0.1, 0.15) is 11.7 Å². The van der Waals surface area contributed by atoms with Gasteiger partial charge in [0.25, 0.3) is 0 Å². The minimum atomic E-state index is -4.29. The van der Waals surface area contributed by atoms with Crippen molar-refractivity contribution >= 4 is 11.8 Å². The maximum atomic E-state index is 12.0. The normalized spacial score (nSPS) is 13.8. The fraction of sp³-hybridized carbons (Fsp3) is 0.400. The predicted octanol–water partition coefficient (Wildman–Crippen LogP) is 2.98. The van der Waals surface area contributed by atoms with Gasteiger partial charge in [0.15, 0.2) is 0 Å². The standard InChI is InChI=1S/C10H11F3O2S/c1-15-6-9(14)7-2-4-8(5-3-7)16-10(11,12)13/h2-5,9,14H,6H2,1H3. The summed E-state index contributed by atoms with van der Waals surface area (Å²) in [5.41, 5.74) is -3.75. The van der Waals surface area contributed by atoms with Gasteiger partial charge in [0.1, 0.15) is 6.10 Å². The first-order valence-corrected chi connectivity index (χ1v) is 5.27. The monoisotopic (exact) mass is 252 g/mol. The predicted molar refractivity (Wildman–Crippen MR) is 55.2 cm³/mol. The number of alkyl halides is 3. The molecule has 1 aromatic carbocycles. The highest BCUT2D eigenvalue weighted by atomic mass is 32.2. The SMILES string of the molecule is COCC(O)c1ccc(SC(F)(F)F)cc1. The Balaban J connectivity index is 2.68. The van der Waals surface area contributed by atoms with Crippen molar-refractivity contribution in [2.24, 2.45) is 0 Å². The van der Waals surface area contributed by atoms with E-state index in [1.54, 1.807) is 0 Å². The molecule has 0 amide bonds. The van der Waals surface area contributed by atoms with Crippen LogP contribution in [0.3, 0.4) is 0 Å². The van der Waals surface area contributed by atoms with E-state index in [2.05, 4.69) is 0 Å². The Morgan fingerprint density at radius 1 is 1.31 bits per heavy atom. The number of methoxy groups -OCH3 is 1. The number of thioether (sulfide) groups is 1. The van der Waals surface area contributed by atoms with E-state index < -0.39 is 11.6 Å². The van der Waals surface area contributed by atoms with Gasteiger partial charge in [-0.05, 0) is 29.5 Å². The van der Waals surface area contributed by atoms with Crippen LogP contribution in [0.25, 0.3) is 0 Å². The smallest absolute Gasteiger partial charge is 0.386 e. The van der Waals surface area contributed by atoms with E-state index in [0.717, 1.165) is 0 Å². The molecule has 0 bridgehead atoms. The van der Waals surface area contributed by atoms with E-state index in [9.17, 15) is 18.3 Å². The van der Waals surface area contributed by atoms with E-state index in [-0.39, 0.29) is 23.3 Å². The zero-order chi connectivity index (χ0) is 12.2. The molecule has 1 rings (SSSR count). The van der Waals surface area contributed by atoms with Crippen LogP contribution in [-0.4, -0.2) is 24.3 Å². The second-order valence-corrected chi connectivity index (χ2v) is 4.23. The van der Waals surface area contributed by atoms with Crippen LogP contribution in [0.5, 0.6) is 0 Å². The number of hydrogen-bond acceptors (Lipinski definition) is 3. The van der Waals surface area contributed by atoms with Crippen molar-refractivity contribution in [3.63, 3.8) is 0 Å². The van der Waals surface area contributed by atoms with Crippen molar-refractivity contribution in [2.75, 3.05) is 13.7 Å². The Kier molecular flexibility index (Phi) is 4.64. The molecule has 0 saturated carbocycles. The lowest BCUT2D eigenvalue weighted by atomic mass is 10.1. The van der Waals surface area contributed by atoms with Crippen molar-refractivity contribution in [3.05, 3.63) is 29.8 Å². The van der Waals surface area contributed by atoms with Crippen LogP contribution in [-0.2, 0) is 4.74 Å². The summed E-state index contributed by atoms with van der Waals surface area (Å²) >= 11 is -0.178. The van der Waals surface area contributed by atoms with Crippen molar-refractivity contribution in [1.82, 2.24) is 0 Å². The molecule has 1 unspecified atom stereocenters. The van der Waals surface area contributed by atoms with Crippen LogP contribution in [0, 0.1) is 0 Å². The second-order valence-electron chi connectivity index (χ2n) is 3.09. The first-order chi connectivity index (χ1) is 7.42. The molecule has 0 aromatic heterocycles. The highest BCUT2D eigenvalue weighted by Gasteiger charge is 2.29. The summed E-state index contributed by atoms with van der Waals surface area (Å²) in [6.45, 7) is 0.117. The number of aliphatic hydroxyl groups excluding tert-OH is 1. The maximum absolute atomic E-state index is 12.0. The van der Waals surface area contributed by atoms with Gasteiger partial charge in [0.2, 0.25) is 0 Å². The molecule has 1 atom stereocenters. The summed E-state index contributed by atoms with van der Waals surface area (Å²) in [4.78, 5) is 0.0980. The number of hydrogen-bond donors (Lipinski definition) is 1. The molecule has 1 N–H and O–H groups in total. The second kappa shape index (κ2) is 5.56. The Hall–Kier alpha value is -0.720. The molecule has 0 radical (unpaired) electrons. The van der Waals surface area contributed by atoms with Crippen LogP contribution < -0.4 is 0 Å². The Morgan fingerprint density at radius 3 is 2.31 bits per heavy atom. The van der Waals surface area contributed by atoms with Gasteiger partial charge >= 0.3 is 5.51 Å². The van der Waals surface area contributed by atoms with Gasteiger partial charge in [-0.2, -0.15) is 13.2 Å². The average molecular weight is 252 g/mol. The molecular weight excluding hydrogens is 241 g/mol. The lowest BCUT2D eigenvalue weighted by molar-refractivity contribution is -0.0328. The molecule has 0 heterocycles. The molecule has 1 aromatic rings. The lowest BCUT2D eigenvalue weighted by Gasteiger charge is -2.10. The van der Waals surface area contributed by atoms with Crippen molar-refractivity contribution in [1.29, 1.82) is 0 Å². The van der Waals surface area contributed by atoms with Crippen LogP contribution >= 0.6 is 11.8 Å². The fourth-order valence-corrected chi connectivity index (χ4v) is 1.69. The van der Waals surface area contributed by atoms with E-state index in [1.165, 1.54) is 31.4 Å². The van der Waals surface area contributed by atoms with Gasteiger partial charge in [-0.1, -0.05) is 12.1 Å². The van der Waals surface area contributed by atoms with E-state index >= 15 is 0 Å². The third-order valence-corrected chi connectivity index (χ3v) is 2.56. The number of benzene rings is 1. The topological polar surface area (TPSA) is 29.5 Å². The van der Waals surface area contributed by atoms with E-state index in [4.69, 9.17) is 4.74 Å². The molecular formula is C10H11F3O2S. The average Bonchev–Trinajstić information content (AvgIpc) is 2.16. The molecule has 6 heteroatoms. The summed E-state index contributed by atoms with van der Waals surface area (Å²) in [5, 5.41) is 9.49. The summed E-state index contributed by atoms with van der Waals surface area (Å²) in [7, 11) is 1.44. The number of halogens is 3. The first kappa shape index (κ1) is 13.3. The zero-order valence-corrected chi connectivity index (χ0v) is 9.31. The minimum absolute atomic E-state index is 0.0980. The molecule has 0 spiro atoms. The van der Waals surface area contributed by atoms with Crippen LogP contribution in [0.15, 0.2) is 29.2 Å². The number of aliphatic hydroxyl groups is 1. The molecule has 0 aliphatic heterocycles. The van der Waals surface area contributed by atoms with Gasteiger partial charge in [0.05, 0.1) is 6.61 Å². The Bertz CT molecular complexity index is 324. The number of ether oxygens (including phenoxy) is 1. The van der Waals surface area contributed by atoms with Gasteiger partial charge in [0, 0.05) is 12.0 Å². The Morgan fingerprint density at radius 2 is 1.88 bits per heavy atom. The minimum Gasteiger partial charge on any atom is -0.386 e. The van der Waals surface area contributed by atoms with E-state index in [0.29, 0.717) is 5.56 Å². The van der Waals surface area contributed by atoms with Crippen molar-refractivity contribution in [2.45, 2.75) is 16.5 Å². The fourth-order valence-electron chi connectivity index (χ4n) is 1.15. The third-order valence-electron chi connectivity index (χ3n) is 1.82. The van der Waals surface area contributed by atoms with Crippen LogP contribution in [0.4, 0.5) is 13.2 Å². The quantitative estimate of drug-likeness (QED) is 0.835. The zero-order valence-electron chi connectivity index (χ0n) is 8.49. The van der Waals surface area contributed by atoms with Crippen molar-refractivity contribution in [3.8, 4) is 0 Å². The summed E-state index contributed by atoms with van der Waals surface area (Å²) < 4.78 is 40.8. The molecule has 0 fully saturated rings. The van der Waals surface area contributed by atoms with Gasteiger partial charge in [-0.25, -0.2) is 0 Å². The first-order valence-electron chi connectivity index (χ1n) is 4.45. The van der Waals surface area contributed by atoms with Crippen molar-refractivity contribution < 1.29 is 23.0 Å². The lowest BCUT2D eigenvalue weighted by Crippen LogP contribution is -2.05. The third kappa shape index (κ3) is 4.42. The summed E-state index contributed by atoms with van der Waals surface area (Å²) in [6, 6.07) is 5.56. The molecule has 0 saturated heterocycles. The molecule has 0 aliphatic rings. The molecule has 90 valence electrons. The molecule has 2 nitrogen and oxygen atoms in total. The highest BCUT2D eigenvalue weighted by molar-refractivity contribution is 8.00. The molecule has 0 aliphatic carbocycles. The van der Waals surface area contributed by atoms with Gasteiger partial charge in [-0.3, -0.25) is 0 Å². The summed E-state index contributed by atoms with van der Waals surface area (Å²) in [5.74, 6) is 0. The van der Waals surface area contributed by atoms with Gasteiger partial charge < -0.3 is 9.84 Å². The van der Waals surface area contributed by atoms with E-state index in [1.807, 2.05) is 0 Å². The Labute approximate surface area is 95.4 Å². The van der Waals surface area contributed by atoms with Gasteiger partial charge in [-0.15, -0.1) is 0 Å². The maximum Gasteiger partial charge on any atom is 0.446 e. The number of rotatable bonds is 4. The van der Waals surface area contributed by atoms with Crippen LogP contribution in [0.2, 0.25) is 0 Å². The molecule has 16 heavy (non-hydrogen) atoms.